The summed E-state index contributed by atoms with van der Waals surface area (Å²) >= 11 is 0. The van der Waals surface area contributed by atoms with Crippen LogP contribution in [0.15, 0.2) is 437 Å². The molecule has 20 aromatic rings. The zero-order valence-corrected chi connectivity index (χ0v) is 67.5. The van der Waals surface area contributed by atoms with Crippen molar-refractivity contribution in [2.24, 2.45) is 0 Å². The van der Waals surface area contributed by atoms with Crippen molar-refractivity contribution in [3.8, 4) is 122 Å². The van der Waals surface area contributed by atoms with Gasteiger partial charge in [0.1, 0.15) is 0 Å². The average molecular weight is 1530 g/mol. The second-order valence-corrected chi connectivity index (χ2v) is 33.5. The van der Waals surface area contributed by atoms with Gasteiger partial charge in [-0.3, -0.25) is 0 Å². The van der Waals surface area contributed by atoms with Gasteiger partial charge in [-0.2, -0.15) is 0 Å². The summed E-state index contributed by atoms with van der Waals surface area (Å²) in [5, 5.41) is 9.82. The predicted octanol–water partition coefficient (Wildman–Crippen LogP) is 32.9. The largest absolute Gasteiger partial charge is 0.310 e. The molecule has 120 heavy (non-hydrogen) atoms. The molecule has 0 aliphatic heterocycles. The topological polar surface area (TPSA) is 6.48 Å². The van der Waals surface area contributed by atoms with Crippen LogP contribution in [0.4, 0.5) is 34.1 Å². The van der Waals surface area contributed by atoms with E-state index in [2.05, 4.69) is 474 Å². The fraction of sp³-hybridized carbons (Fsp3) is 0.0508. The Hall–Kier alpha value is -15.0. The van der Waals surface area contributed by atoms with Crippen molar-refractivity contribution in [2.75, 3.05) is 9.80 Å². The first-order valence-corrected chi connectivity index (χ1v) is 41.9. The maximum atomic E-state index is 2.51. The molecule has 0 radical (unpaired) electrons. The minimum atomic E-state index is -0.310. The van der Waals surface area contributed by atoms with Crippen LogP contribution in [-0.2, 0) is 10.8 Å². The quantitative estimate of drug-likeness (QED) is 0.101. The summed E-state index contributed by atoms with van der Waals surface area (Å²) in [6, 6.07) is 163. The zero-order chi connectivity index (χ0) is 80.2. The van der Waals surface area contributed by atoms with E-state index in [0.29, 0.717) is 0 Å². The number of nitrogens with zero attached hydrogens (tertiary/aromatic N) is 2. The minimum absolute atomic E-state index is 0.287. The van der Waals surface area contributed by atoms with Gasteiger partial charge in [-0.05, 0) is 286 Å². The Morgan fingerprint density at radius 1 is 0.150 bits per heavy atom. The molecule has 22 rings (SSSR count). The van der Waals surface area contributed by atoms with Crippen molar-refractivity contribution in [3.63, 3.8) is 0 Å². The average Bonchev–Trinajstić information content (AvgIpc) is 1.52. The first kappa shape index (κ1) is 71.6. The number of fused-ring (bicyclic) bond motifs is 10. The SMILES string of the molecule is CC1(C)c2cc(-c3ccc4ccccc4c3)ccc2-c2ccc(N(c3ccc(-c4cccc5c(-c6ccc(N(c7ccc(-c8ccc9ccccc9c8)cc7)c7ccc8c(c7)C(C)(C)c7cc(-c9ccc%10ccccc%10c9)ccc7-8)c(-c7cccc(-c8ccccc8)c7)c6)cccc45)cc3)c3ccccc3-c3cccc(-c4ccccc4)c3)cc21. The Morgan fingerprint density at radius 3 is 0.925 bits per heavy atom. The third-order valence-electron chi connectivity index (χ3n) is 25.8. The van der Waals surface area contributed by atoms with E-state index in [1.54, 1.807) is 0 Å². The van der Waals surface area contributed by atoms with Gasteiger partial charge in [0.2, 0.25) is 0 Å². The van der Waals surface area contributed by atoms with Crippen LogP contribution in [0.25, 0.3) is 165 Å². The summed E-state index contributed by atoms with van der Waals surface area (Å²) in [6.07, 6.45) is 0. The van der Waals surface area contributed by atoms with Gasteiger partial charge in [0.15, 0.2) is 0 Å². The molecule has 566 valence electrons. The van der Waals surface area contributed by atoms with Crippen molar-refractivity contribution >= 4 is 77.2 Å². The molecule has 0 N–H and O–H groups in total. The number of hydrogen-bond acceptors (Lipinski definition) is 2. The summed E-state index contributed by atoms with van der Waals surface area (Å²) in [7, 11) is 0. The third-order valence-corrected chi connectivity index (χ3v) is 25.8. The maximum absolute atomic E-state index is 2.51. The van der Waals surface area contributed by atoms with Crippen LogP contribution in [0.2, 0.25) is 0 Å². The monoisotopic (exact) mass is 1530 g/mol. The molecule has 0 heterocycles. The lowest BCUT2D eigenvalue weighted by Gasteiger charge is -2.30. The highest BCUT2D eigenvalue weighted by Gasteiger charge is 2.39. The van der Waals surface area contributed by atoms with Crippen molar-refractivity contribution < 1.29 is 0 Å². The molecule has 2 nitrogen and oxygen atoms in total. The van der Waals surface area contributed by atoms with E-state index < -0.39 is 0 Å². The van der Waals surface area contributed by atoms with Crippen LogP contribution in [-0.4, -0.2) is 0 Å². The Balaban J connectivity index is 0.661. The maximum Gasteiger partial charge on any atom is 0.0540 e. The molecule has 0 saturated heterocycles. The number of para-hydroxylation sites is 1. The lowest BCUT2D eigenvalue weighted by atomic mass is 9.81. The van der Waals surface area contributed by atoms with E-state index in [9.17, 15) is 0 Å². The van der Waals surface area contributed by atoms with Gasteiger partial charge in [0.25, 0.3) is 0 Å². The van der Waals surface area contributed by atoms with E-state index in [1.807, 2.05) is 0 Å². The molecular weight excluding hydrogens is 1450 g/mol. The van der Waals surface area contributed by atoms with Crippen molar-refractivity contribution in [3.05, 3.63) is 459 Å². The van der Waals surface area contributed by atoms with E-state index in [4.69, 9.17) is 0 Å². The highest BCUT2D eigenvalue weighted by Crippen LogP contribution is 2.56. The van der Waals surface area contributed by atoms with Gasteiger partial charge in [0.05, 0.1) is 11.4 Å². The number of hydrogen-bond donors (Lipinski definition) is 0. The Bertz CT molecular complexity index is 7450. The predicted molar refractivity (Wildman–Crippen MR) is 510 cm³/mol. The molecule has 20 aromatic carbocycles. The second kappa shape index (κ2) is 29.0. The molecule has 0 atom stereocenters. The minimum Gasteiger partial charge on any atom is -0.310 e. The first-order valence-electron chi connectivity index (χ1n) is 41.9. The van der Waals surface area contributed by atoms with Crippen LogP contribution in [0.1, 0.15) is 49.9 Å². The van der Waals surface area contributed by atoms with E-state index >= 15 is 0 Å². The Morgan fingerprint density at radius 2 is 0.442 bits per heavy atom. The summed E-state index contributed by atoms with van der Waals surface area (Å²) in [6.45, 7) is 9.63. The number of rotatable bonds is 15. The van der Waals surface area contributed by atoms with Crippen LogP contribution in [0, 0.1) is 0 Å². The first-order chi connectivity index (χ1) is 58.9. The smallest absolute Gasteiger partial charge is 0.0540 e. The number of benzene rings is 20. The molecule has 0 spiro atoms. The highest BCUT2D eigenvalue weighted by molar-refractivity contribution is 6.07. The molecule has 2 aliphatic carbocycles. The summed E-state index contributed by atoms with van der Waals surface area (Å²) < 4.78 is 0. The van der Waals surface area contributed by atoms with E-state index in [0.717, 1.165) is 84.2 Å². The normalized spacial score (nSPS) is 12.8. The molecule has 0 unspecified atom stereocenters. The van der Waals surface area contributed by atoms with Crippen molar-refractivity contribution in [2.45, 2.75) is 38.5 Å². The Kier molecular flexibility index (Phi) is 17.3. The fourth-order valence-corrected chi connectivity index (χ4v) is 19.5. The van der Waals surface area contributed by atoms with Crippen LogP contribution >= 0.6 is 0 Å². The molecule has 0 saturated carbocycles. The Labute approximate surface area is 702 Å². The van der Waals surface area contributed by atoms with Crippen LogP contribution in [0.3, 0.4) is 0 Å². The highest BCUT2D eigenvalue weighted by atomic mass is 15.2. The fourth-order valence-electron chi connectivity index (χ4n) is 19.5. The van der Waals surface area contributed by atoms with Gasteiger partial charge in [-0.1, -0.05) is 355 Å². The van der Waals surface area contributed by atoms with Gasteiger partial charge < -0.3 is 9.80 Å². The summed E-state index contributed by atoms with van der Waals surface area (Å²) in [5.41, 5.74) is 37.4. The van der Waals surface area contributed by atoms with Gasteiger partial charge in [-0.25, -0.2) is 0 Å². The summed E-state index contributed by atoms with van der Waals surface area (Å²) in [4.78, 5) is 5.00. The molecule has 0 fully saturated rings. The summed E-state index contributed by atoms with van der Waals surface area (Å²) in [5.74, 6) is 0. The van der Waals surface area contributed by atoms with Gasteiger partial charge in [0, 0.05) is 44.7 Å². The van der Waals surface area contributed by atoms with Crippen molar-refractivity contribution in [1.29, 1.82) is 0 Å². The van der Waals surface area contributed by atoms with Crippen LogP contribution in [0.5, 0.6) is 0 Å². The lowest BCUT2D eigenvalue weighted by Crippen LogP contribution is -2.17. The van der Waals surface area contributed by atoms with E-state index in [-0.39, 0.29) is 10.8 Å². The lowest BCUT2D eigenvalue weighted by molar-refractivity contribution is 0.660. The molecule has 2 heteroatoms. The molecular formula is C118H84N2. The van der Waals surface area contributed by atoms with Crippen LogP contribution < -0.4 is 9.80 Å². The molecule has 0 aromatic heterocycles. The van der Waals surface area contributed by atoms with Crippen molar-refractivity contribution in [1.82, 2.24) is 0 Å². The molecule has 0 bridgehead atoms. The standard InChI is InChI=1S/C118H84N2/c1-117(2)111-73-92(90-47-44-80-28-12-15-31-85(80)68-90)53-62-106(111)108-64-60-99(75-113(108)117)119(115-42-18-17-37-103(115)94-35-19-33-87(70-94)77-23-7-5-8-24-77)98-58-51-83(52-59-98)101-38-21-41-105-102(39-22-40-104(101)105)96-55-66-116(110(72-96)95-36-20-34-88(71-95)78-25-9-6-10-26-78)120(97-56-49-82(50-57-97)89-46-43-79-27-11-14-30-84(79)67-89)100-61-65-109-107-63-54-93(74-112(107)118(3,4)114(109)76-100)91-48-45-81-29-13-16-32-86(81)69-91/h5-76H,1-4H3. The van der Waals surface area contributed by atoms with E-state index in [1.165, 1.54) is 138 Å². The molecule has 2 aliphatic rings. The molecule has 0 amide bonds. The van der Waals surface area contributed by atoms with Gasteiger partial charge >= 0.3 is 0 Å². The third kappa shape index (κ3) is 12.5. The zero-order valence-electron chi connectivity index (χ0n) is 67.5. The van der Waals surface area contributed by atoms with Gasteiger partial charge in [-0.15, -0.1) is 0 Å². The number of anilines is 6. The second-order valence-electron chi connectivity index (χ2n) is 33.5.